The number of carboxylic acids is 1. The maximum Gasteiger partial charge on any atom is 0.361 e. The van der Waals surface area contributed by atoms with E-state index in [0.717, 1.165) is 154 Å². The molecule has 0 saturated carbocycles. The van der Waals surface area contributed by atoms with E-state index in [4.69, 9.17) is 18.9 Å². The third kappa shape index (κ3) is 67.0. The second-order valence-electron chi connectivity index (χ2n) is 22.0. The highest BCUT2D eigenvalue weighted by Crippen LogP contribution is 2.12. The number of hydrogen-bond acceptors (Lipinski definition) is 7. The molecule has 0 bridgehead atoms. The summed E-state index contributed by atoms with van der Waals surface area (Å²) in [5.41, 5.74) is 0. The number of aliphatic carboxylic acids is 1. The highest BCUT2D eigenvalue weighted by molar-refractivity contribution is 5.71. The first-order valence-electron chi connectivity index (χ1n) is 32.9. The van der Waals surface area contributed by atoms with Gasteiger partial charge < -0.3 is 28.5 Å². The van der Waals surface area contributed by atoms with Crippen molar-refractivity contribution in [2.45, 2.75) is 206 Å². The van der Waals surface area contributed by atoms with Crippen LogP contribution in [-0.4, -0.2) is 87.4 Å². The van der Waals surface area contributed by atoms with Crippen LogP contribution in [0.2, 0.25) is 0 Å². The lowest BCUT2D eigenvalue weighted by atomic mass is 10.1. The Balaban J connectivity index is 4.40. The van der Waals surface area contributed by atoms with Gasteiger partial charge in [0.15, 0.2) is 6.10 Å². The predicted molar refractivity (Wildman–Crippen MR) is 372 cm³/mol. The van der Waals surface area contributed by atoms with Crippen LogP contribution in [0.4, 0.5) is 0 Å². The number of ether oxygens (including phenoxy) is 4. The summed E-state index contributed by atoms with van der Waals surface area (Å²) >= 11 is 0. The molecule has 482 valence electrons. The number of quaternary nitrogens is 1. The Kier molecular flexibility index (Phi) is 60.8. The van der Waals surface area contributed by atoms with E-state index in [0.29, 0.717) is 23.9 Å². The largest absolute Gasteiger partial charge is 0.477 e. The molecule has 0 heterocycles. The zero-order valence-electron chi connectivity index (χ0n) is 54.8. The molecule has 2 unspecified atom stereocenters. The standard InChI is InChI=1S/C78H117NO8/c1-6-8-10-12-14-16-18-20-22-24-26-28-30-32-34-36-37-38-39-41-43-45-47-49-51-53-55-57-59-61-63-65-67-69-76(81)87-74(73-86-78(77(82)83)84-71-70-79(3,4)5)72-85-75(80)68-66-64-62-60-58-56-54-52-50-48-46-44-42-40-35-33-31-29-27-25-23-21-19-17-15-13-11-9-7-2/h8-11,14-17,20-23,26-29,32-35,37-38,41-44,47-50,53-56,60,62,74,78H,6-7,12-13,18-19,24-25,30-31,36,39-40,45-46,51-52,57-59,61,63-73H2,1-5H3/p+1/b10-8-,11-9-,16-14-,17-15-,22-20-,23-21-,28-26-,29-27-,34-32-,35-33-,38-37-,43-41-,44-42-,49-47-,50-48-,55-53-,56-54-,62-60-. The van der Waals surface area contributed by atoms with Gasteiger partial charge in [-0.2, -0.15) is 0 Å². The summed E-state index contributed by atoms with van der Waals surface area (Å²) in [6, 6.07) is 0. The van der Waals surface area contributed by atoms with Gasteiger partial charge in [-0.3, -0.25) is 9.59 Å². The molecular weight excluding hydrogens is 1080 g/mol. The minimum atomic E-state index is -1.55. The van der Waals surface area contributed by atoms with Crippen molar-refractivity contribution in [1.29, 1.82) is 0 Å². The van der Waals surface area contributed by atoms with Gasteiger partial charge in [0.1, 0.15) is 13.2 Å². The molecule has 0 radical (unpaired) electrons. The van der Waals surface area contributed by atoms with Crippen LogP contribution in [-0.2, 0) is 33.3 Å². The van der Waals surface area contributed by atoms with Crippen molar-refractivity contribution in [3.63, 3.8) is 0 Å². The summed E-state index contributed by atoms with van der Waals surface area (Å²) in [6.07, 6.45) is 102. The molecule has 0 rings (SSSR count). The molecular formula is C78H118NO8+. The molecule has 0 aromatic carbocycles. The molecule has 0 aliphatic carbocycles. The van der Waals surface area contributed by atoms with Gasteiger partial charge in [0.05, 0.1) is 34.4 Å². The van der Waals surface area contributed by atoms with Crippen molar-refractivity contribution in [3.05, 3.63) is 219 Å². The molecule has 1 N–H and O–H groups in total. The van der Waals surface area contributed by atoms with Crippen molar-refractivity contribution >= 4 is 17.9 Å². The molecule has 0 aliphatic rings. The van der Waals surface area contributed by atoms with E-state index in [2.05, 4.69) is 233 Å². The first-order valence-corrected chi connectivity index (χ1v) is 32.9. The SMILES string of the molecule is CC/C=C\C/C=C\C/C=C\C/C=C\C/C=C\C/C=C\C/C=C\C/C=C\C/C=C\CCCCCCCC(=O)OC(COC(=O)CCC/C=C\C/C=C\C/C=C\C/C=C\C/C=C\C/C=C\C/C=C\C/C=C\C/C=C\CC)COC(OCC[N+](C)(C)C)C(=O)O. The lowest BCUT2D eigenvalue weighted by Crippen LogP contribution is -2.40. The Bertz CT molecular complexity index is 2230. The first-order chi connectivity index (χ1) is 42.6. The zero-order chi connectivity index (χ0) is 63.3. The molecule has 0 fully saturated rings. The van der Waals surface area contributed by atoms with Crippen LogP contribution in [0.1, 0.15) is 194 Å². The smallest absolute Gasteiger partial charge is 0.361 e. The maximum atomic E-state index is 12.9. The molecule has 0 aromatic heterocycles. The summed E-state index contributed by atoms with van der Waals surface area (Å²) in [6.45, 7) is 4.51. The molecule has 0 aromatic rings. The van der Waals surface area contributed by atoms with Crippen LogP contribution in [0.3, 0.4) is 0 Å². The summed E-state index contributed by atoms with van der Waals surface area (Å²) in [4.78, 5) is 37.5. The number of unbranched alkanes of at least 4 members (excludes halogenated alkanes) is 6. The molecule has 9 heteroatoms. The number of nitrogens with zero attached hydrogens (tertiary/aromatic N) is 1. The third-order valence-electron chi connectivity index (χ3n) is 12.7. The summed E-state index contributed by atoms with van der Waals surface area (Å²) in [5, 5.41) is 9.73. The number of carbonyl (C=O) groups excluding carboxylic acids is 2. The van der Waals surface area contributed by atoms with Crippen molar-refractivity contribution in [3.8, 4) is 0 Å². The first kappa shape index (κ1) is 80.6. The topological polar surface area (TPSA) is 108 Å². The Morgan fingerprint density at radius 2 is 0.632 bits per heavy atom. The minimum absolute atomic E-state index is 0.160. The van der Waals surface area contributed by atoms with Gasteiger partial charge in [-0.05, 0) is 148 Å². The second-order valence-corrected chi connectivity index (χ2v) is 22.0. The highest BCUT2D eigenvalue weighted by atomic mass is 16.7. The predicted octanol–water partition coefficient (Wildman–Crippen LogP) is 20.6. The zero-order valence-corrected chi connectivity index (χ0v) is 54.8. The van der Waals surface area contributed by atoms with Crippen LogP contribution in [0.25, 0.3) is 0 Å². The maximum absolute atomic E-state index is 12.9. The van der Waals surface area contributed by atoms with Crippen molar-refractivity contribution in [2.24, 2.45) is 0 Å². The normalized spacial score (nSPS) is 14.2. The number of carbonyl (C=O) groups is 3. The third-order valence-corrected chi connectivity index (χ3v) is 12.7. The minimum Gasteiger partial charge on any atom is -0.477 e. The van der Waals surface area contributed by atoms with Crippen molar-refractivity contribution in [1.82, 2.24) is 0 Å². The number of hydrogen-bond donors (Lipinski definition) is 1. The Morgan fingerprint density at radius 1 is 0.345 bits per heavy atom. The van der Waals surface area contributed by atoms with E-state index >= 15 is 0 Å². The number of esters is 2. The fraction of sp³-hybridized carbons (Fsp3) is 0.500. The molecule has 87 heavy (non-hydrogen) atoms. The number of carboxylic acid groups (broad SMARTS) is 1. The Labute approximate surface area is 530 Å². The van der Waals surface area contributed by atoms with Crippen LogP contribution in [0.15, 0.2) is 219 Å². The van der Waals surface area contributed by atoms with E-state index in [1.165, 1.54) is 0 Å². The van der Waals surface area contributed by atoms with E-state index in [1.54, 1.807) is 0 Å². The lowest BCUT2D eigenvalue weighted by molar-refractivity contribution is -0.870. The number of rotatable bonds is 57. The van der Waals surface area contributed by atoms with Gasteiger partial charge in [-0.25, -0.2) is 4.79 Å². The Hall–Kier alpha value is -6.39. The summed E-state index contributed by atoms with van der Waals surface area (Å²) in [7, 11) is 5.93. The summed E-state index contributed by atoms with van der Waals surface area (Å²) in [5.74, 6) is -2.15. The van der Waals surface area contributed by atoms with Crippen LogP contribution in [0, 0.1) is 0 Å². The van der Waals surface area contributed by atoms with Crippen molar-refractivity contribution in [2.75, 3.05) is 47.5 Å². The summed E-state index contributed by atoms with van der Waals surface area (Å²) < 4.78 is 22.8. The molecule has 0 saturated heterocycles. The molecule has 0 spiro atoms. The van der Waals surface area contributed by atoms with E-state index in [1.807, 2.05) is 21.1 Å². The van der Waals surface area contributed by atoms with Crippen LogP contribution >= 0.6 is 0 Å². The molecule has 9 nitrogen and oxygen atoms in total. The van der Waals surface area contributed by atoms with Gasteiger partial charge in [0.2, 0.25) is 0 Å². The van der Waals surface area contributed by atoms with E-state index in [9.17, 15) is 19.5 Å². The number of allylic oxidation sites excluding steroid dienone is 36. The fourth-order valence-electron chi connectivity index (χ4n) is 7.77. The average molecular weight is 1200 g/mol. The average Bonchev–Trinajstić information content (AvgIpc) is 3.59. The van der Waals surface area contributed by atoms with Gasteiger partial charge in [0.25, 0.3) is 6.29 Å². The molecule has 0 aliphatic heterocycles. The lowest BCUT2D eigenvalue weighted by Gasteiger charge is -2.25. The van der Waals surface area contributed by atoms with Gasteiger partial charge in [0, 0.05) is 12.8 Å². The quantitative estimate of drug-likeness (QED) is 0.0211. The Morgan fingerprint density at radius 3 is 0.954 bits per heavy atom. The van der Waals surface area contributed by atoms with E-state index < -0.39 is 30.3 Å². The van der Waals surface area contributed by atoms with Crippen molar-refractivity contribution < 1.29 is 42.9 Å². The molecule has 0 amide bonds. The van der Waals surface area contributed by atoms with Gasteiger partial charge >= 0.3 is 17.9 Å². The van der Waals surface area contributed by atoms with Crippen LogP contribution in [0.5, 0.6) is 0 Å². The highest BCUT2D eigenvalue weighted by Gasteiger charge is 2.25. The fourth-order valence-corrected chi connectivity index (χ4v) is 7.77. The second kappa shape index (κ2) is 65.6. The van der Waals surface area contributed by atoms with E-state index in [-0.39, 0.29) is 32.7 Å². The molecule has 2 atom stereocenters. The monoisotopic (exact) mass is 1200 g/mol. The van der Waals surface area contributed by atoms with Gasteiger partial charge in [-0.15, -0.1) is 0 Å². The number of likely N-dealkylation sites (N-methyl/N-ethyl adjacent to an activating group) is 1. The van der Waals surface area contributed by atoms with Crippen LogP contribution < -0.4 is 0 Å². The van der Waals surface area contributed by atoms with Gasteiger partial charge in [-0.1, -0.05) is 252 Å².